The molecule has 0 saturated heterocycles. The lowest BCUT2D eigenvalue weighted by atomic mass is 10.0. The molecule has 1 aromatic carbocycles. The summed E-state index contributed by atoms with van der Waals surface area (Å²) in [6.45, 7) is 3.18. The van der Waals surface area contributed by atoms with E-state index in [1.165, 1.54) is 24.3 Å². The highest BCUT2D eigenvalue weighted by Crippen LogP contribution is 2.19. The third-order valence-corrected chi connectivity index (χ3v) is 3.24. The summed E-state index contributed by atoms with van der Waals surface area (Å²) in [6.07, 6.45) is -0.826. The van der Waals surface area contributed by atoms with Crippen LogP contribution in [0.15, 0.2) is 24.3 Å². The first-order valence-corrected chi connectivity index (χ1v) is 7.86. The highest BCUT2D eigenvalue weighted by molar-refractivity contribution is 5.71. The van der Waals surface area contributed by atoms with Crippen LogP contribution in [0.2, 0.25) is 0 Å². The van der Waals surface area contributed by atoms with E-state index in [4.69, 9.17) is 14.6 Å². The molecule has 0 radical (unpaired) electrons. The van der Waals surface area contributed by atoms with Gasteiger partial charge in [-0.05, 0) is 24.1 Å². The number of hydrogen-bond acceptors (Lipinski definition) is 5. The minimum atomic E-state index is -1.01. The smallest absolute Gasteiger partial charge is 0.407 e. The monoisotopic (exact) mass is 355 g/mol. The molecular weight excluding hydrogens is 333 g/mol. The third kappa shape index (κ3) is 8.14. The lowest BCUT2D eigenvalue weighted by molar-refractivity contribution is -0.148. The number of carbonyl (C=O) groups is 3. The molecule has 0 saturated carbocycles. The predicted octanol–water partition coefficient (Wildman–Crippen LogP) is 2.66. The number of aliphatic carboxylic acids is 1. The molecule has 0 spiro atoms. The molecule has 0 heterocycles. The maximum atomic E-state index is 13.0. The first-order valence-electron chi connectivity index (χ1n) is 7.86. The normalized spacial score (nSPS) is 11.7. The number of alkyl carbamates (subject to hydrolysis) is 1. The maximum Gasteiger partial charge on any atom is 0.407 e. The summed E-state index contributed by atoms with van der Waals surface area (Å²) < 4.78 is 22.8. The standard InChI is InChI=1S/C17H22FNO6/c1-11(2)16(22)24-9-10-25-17(23)19-14(7-8-15(20)21)12-3-5-13(18)6-4-12/h3-6,11,14H,7-10H2,1-2H3,(H,19,23)(H,20,21). The van der Waals surface area contributed by atoms with Crippen molar-refractivity contribution in [3.63, 3.8) is 0 Å². The van der Waals surface area contributed by atoms with Crippen LogP contribution in [0.3, 0.4) is 0 Å². The van der Waals surface area contributed by atoms with E-state index >= 15 is 0 Å². The number of amides is 1. The van der Waals surface area contributed by atoms with Crippen molar-refractivity contribution in [3.05, 3.63) is 35.6 Å². The van der Waals surface area contributed by atoms with Gasteiger partial charge in [0.2, 0.25) is 0 Å². The van der Waals surface area contributed by atoms with Crippen molar-refractivity contribution in [3.8, 4) is 0 Å². The Bertz CT molecular complexity index is 587. The average molecular weight is 355 g/mol. The Morgan fingerprint density at radius 2 is 1.72 bits per heavy atom. The summed E-state index contributed by atoms with van der Waals surface area (Å²) >= 11 is 0. The van der Waals surface area contributed by atoms with Crippen molar-refractivity contribution in [2.45, 2.75) is 32.7 Å². The van der Waals surface area contributed by atoms with Crippen molar-refractivity contribution < 1.29 is 33.4 Å². The highest BCUT2D eigenvalue weighted by Gasteiger charge is 2.17. The molecule has 0 aliphatic heterocycles. The van der Waals surface area contributed by atoms with Gasteiger partial charge < -0.3 is 19.9 Å². The first kappa shape index (κ1) is 20.4. The van der Waals surface area contributed by atoms with Crippen LogP contribution in [-0.4, -0.2) is 36.4 Å². The second-order valence-electron chi connectivity index (χ2n) is 5.64. The second-order valence-corrected chi connectivity index (χ2v) is 5.64. The van der Waals surface area contributed by atoms with E-state index in [-0.39, 0.29) is 32.0 Å². The summed E-state index contributed by atoms with van der Waals surface area (Å²) in [5.74, 6) is -2.11. The van der Waals surface area contributed by atoms with Crippen molar-refractivity contribution in [1.82, 2.24) is 5.32 Å². The number of nitrogens with one attached hydrogen (secondary N) is 1. The summed E-state index contributed by atoms with van der Waals surface area (Å²) in [4.78, 5) is 33.8. The Labute approximate surface area is 145 Å². The fourth-order valence-corrected chi connectivity index (χ4v) is 1.91. The van der Waals surface area contributed by atoms with Crippen molar-refractivity contribution in [2.75, 3.05) is 13.2 Å². The Hall–Kier alpha value is -2.64. The van der Waals surface area contributed by atoms with Crippen molar-refractivity contribution >= 4 is 18.0 Å². The molecule has 8 heteroatoms. The van der Waals surface area contributed by atoms with Gasteiger partial charge in [0.1, 0.15) is 19.0 Å². The fourth-order valence-electron chi connectivity index (χ4n) is 1.91. The van der Waals surface area contributed by atoms with Crippen molar-refractivity contribution in [1.29, 1.82) is 0 Å². The molecule has 0 fully saturated rings. The molecule has 0 aromatic heterocycles. The number of ether oxygens (including phenoxy) is 2. The molecule has 1 aromatic rings. The molecular formula is C17H22FNO6. The van der Waals surface area contributed by atoms with Gasteiger partial charge in [-0.3, -0.25) is 9.59 Å². The van der Waals surface area contributed by atoms with E-state index in [9.17, 15) is 18.8 Å². The van der Waals surface area contributed by atoms with Gasteiger partial charge in [0.25, 0.3) is 0 Å². The molecule has 0 aliphatic rings. The Kier molecular flexibility index (Phi) is 8.38. The lowest BCUT2D eigenvalue weighted by Gasteiger charge is -2.18. The zero-order chi connectivity index (χ0) is 18.8. The molecule has 1 unspecified atom stereocenters. The van der Waals surface area contributed by atoms with E-state index in [0.29, 0.717) is 5.56 Å². The molecule has 138 valence electrons. The maximum absolute atomic E-state index is 13.0. The van der Waals surface area contributed by atoms with E-state index < -0.39 is 29.9 Å². The van der Waals surface area contributed by atoms with Gasteiger partial charge in [-0.15, -0.1) is 0 Å². The zero-order valence-corrected chi connectivity index (χ0v) is 14.2. The summed E-state index contributed by atoms with van der Waals surface area (Å²) in [6, 6.07) is 4.74. The number of hydrogen-bond donors (Lipinski definition) is 2. The minimum absolute atomic E-state index is 0.0687. The van der Waals surface area contributed by atoms with Gasteiger partial charge in [0, 0.05) is 6.42 Å². The van der Waals surface area contributed by atoms with Crippen LogP contribution in [-0.2, 0) is 19.1 Å². The number of carboxylic acid groups (broad SMARTS) is 1. The number of esters is 1. The summed E-state index contributed by atoms with van der Waals surface area (Å²) in [5, 5.41) is 11.3. The van der Waals surface area contributed by atoms with Gasteiger partial charge in [-0.1, -0.05) is 26.0 Å². The Morgan fingerprint density at radius 3 is 2.28 bits per heavy atom. The topological polar surface area (TPSA) is 102 Å². The van der Waals surface area contributed by atoms with Gasteiger partial charge in [0.05, 0.1) is 12.0 Å². The third-order valence-electron chi connectivity index (χ3n) is 3.24. The molecule has 1 atom stereocenters. The second kappa shape index (κ2) is 10.3. The van der Waals surface area contributed by atoms with E-state index in [1.54, 1.807) is 13.8 Å². The number of carboxylic acids is 1. The predicted molar refractivity (Wildman–Crippen MR) is 86.3 cm³/mol. The first-order chi connectivity index (χ1) is 11.8. The van der Waals surface area contributed by atoms with E-state index in [0.717, 1.165) is 0 Å². The number of benzene rings is 1. The SMILES string of the molecule is CC(C)C(=O)OCCOC(=O)NC(CCC(=O)O)c1ccc(F)cc1. The average Bonchev–Trinajstić information content (AvgIpc) is 2.55. The Morgan fingerprint density at radius 1 is 1.12 bits per heavy atom. The largest absolute Gasteiger partial charge is 0.481 e. The molecule has 1 rings (SSSR count). The van der Waals surface area contributed by atoms with Crippen LogP contribution < -0.4 is 5.32 Å². The van der Waals surface area contributed by atoms with Gasteiger partial charge >= 0.3 is 18.0 Å². The highest BCUT2D eigenvalue weighted by atomic mass is 19.1. The molecule has 1 amide bonds. The van der Waals surface area contributed by atoms with Crippen LogP contribution in [0, 0.1) is 11.7 Å². The van der Waals surface area contributed by atoms with Crippen LogP contribution in [0.1, 0.15) is 38.3 Å². The zero-order valence-electron chi connectivity index (χ0n) is 14.2. The van der Waals surface area contributed by atoms with E-state index in [1.807, 2.05) is 0 Å². The van der Waals surface area contributed by atoms with Crippen molar-refractivity contribution in [2.24, 2.45) is 5.92 Å². The van der Waals surface area contributed by atoms with Crippen LogP contribution in [0.25, 0.3) is 0 Å². The van der Waals surface area contributed by atoms with E-state index in [2.05, 4.69) is 5.32 Å². The summed E-state index contributed by atoms with van der Waals surface area (Å²) in [7, 11) is 0. The van der Waals surface area contributed by atoms with Gasteiger partial charge in [0.15, 0.2) is 0 Å². The Balaban J connectivity index is 2.52. The molecule has 7 nitrogen and oxygen atoms in total. The lowest BCUT2D eigenvalue weighted by Crippen LogP contribution is -2.30. The number of halogens is 1. The van der Waals surface area contributed by atoms with Gasteiger partial charge in [-0.2, -0.15) is 0 Å². The molecule has 2 N–H and O–H groups in total. The van der Waals surface area contributed by atoms with Crippen LogP contribution in [0.5, 0.6) is 0 Å². The van der Waals surface area contributed by atoms with Gasteiger partial charge in [-0.25, -0.2) is 9.18 Å². The quantitative estimate of drug-likeness (QED) is 0.521. The minimum Gasteiger partial charge on any atom is -0.481 e. The fraction of sp³-hybridized carbons (Fsp3) is 0.471. The molecule has 25 heavy (non-hydrogen) atoms. The summed E-state index contributed by atoms with van der Waals surface area (Å²) in [5.41, 5.74) is 0.561. The number of rotatable bonds is 9. The number of carbonyl (C=O) groups excluding carboxylic acids is 2. The molecule has 0 bridgehead atoms. The van der Waals surface area contributed by atoms with Crippen LogP contribution >= 0.6 is 0 Å². The molecule has 0 aliphatic carbocycles. The van der Waals surface area contributed by atoms with Crippen LogP contribution in [0.4, 0.5) is 9.18 Å².